The van der Waals surface area contributed by atoms with Crippen LogP contribution < -0.4 is 5.32 Å². The first-order valence-electron chi connectivity index (χ1n) is 8.07. The number of hydrogen-bond donors (Lipinski definition) is 1. The molecule has 5 heteroatoms. The third kappa shape index (κ3) is 2.12. The van der Waals surface area contributed by atoms with Crippen LogP contribution in [-0.2, 0) is 10.2 Å². The Kier molecular flexibility index (Phi) is 3.37. The van der Waals surface area contributed by atoms with Crippen molar-refractivity contribution in [3.63, 3.8) is 0 Å². The summed E-state index contributed by atoms with van der Waals surface area (Å²) in [6, 6.07) is 13.7. The van der Waals surface area contributed by atoms with Gasteiger partial charge < -0.3 is 10.2 Å². The summed E-state index contributed by atoms with van der Waals surface area (Å²) in [5.74, 6) is -0.817. The molecule has 0 aliphatic carbocycles. The van der Waals surface area contributed by atoms with E-state index in [1.807, 2.05) is 24.3 Å². The van der Waals surface area contributed by atoms with E-state index < -0.39 is 11.2 Å². The Labute approximate surface area is 139 Å². The maximum Gasteiger partial charge on any atom is 0.256 e. The topological polar surface area (TPSA) is 49.4 Å². The van der Waals surface area contributed by atoms with Gasteiger partial charge in [0.15, 0.2) is 0 Å². The summed E-state index contributed by atoms with van der Waals surface area (Å²) in [6.07, 6.45) is 1.10. The zero-order valence-electron chi connectivity index (χ0n) is 13.1. The van der Waals surface area contributed by atoms with Crippen LogP contribution in [0, 0.1) is 5.82 Å². The summed E-state index contributed by atoms with van der Waals surface area (Å²) in [7, 11) is 0. The predicted octanol–water partition coefficient (Wildman–Crippen LogP) is 2.95. The van der Waals surface area contributed by atoms with Gasteiger partial charge in [0.1, 0.15) is 5.82 Å². The maximum atomic E-state index is 13.8. The number of fused-ring (bicyclic) bond motifs is 2. The van der Waals surface area contributed by atoms with Gasteiger partial charge in [-0.15, -0.1) is 0 Å². The molecule has 4 rings (SSSR count). The van der Waals surface area contributed by atoms with Crippen molar-refractivity contribution in [2.75, 3.05) is 18.4 Å². The zero-order valence-corrected chi connectivity index (χ0v) is 13.1. The predicted molar refractivity (Wildman–Crippen MR) is 88.3 cm³/mol. The summed E-state index contributed by atoms with van der Waals surface area (Å²) < 4.78 is 13.8. The molecule has 1 N–H and O–H groups in total. The molecule has 1 fully saturated rings. The number of halogens is 1. The molecule has 2 amide bonds. The van der Waals surface area contributed by atoms with Gasteiger partial charge in [-0.05, 0) is 36.6 Å². The van der Waals surface area contributed by atoms with Crippen LogP contribution in [0.4, 0.5) is 10.1 Å². The van der Waals surface area contributed by atoms with Gasteiger partial charge >= 0.3 is 0 Å². The lowest BCUT2D eigenvalue weighted by atomic mass is 9.73. The summed E-state index contributed by atoms with van der Waals surface area (Å²) in [4.78, 5) is 26.7. The fourth-order valence-corrected chi connectivity index (χ4v) is 3.77. The average Bonchev–Trinajstić information content (AvgIpc) is 2.88. The van der Waals surface area contributed by atoms with E-state index in [-0.39, 0.29) is 17.4 Å². The number of piperidine rings is 1. The molecule has 2 aliphatic rings. The first-order valence-corrected chi connectivity index (χ1v) is 8.07. The average molecular weight is 324 g/mol. The molecule has 24 heavy (non-hydrogen) atoms. The molecular formula is C19H17FN2O2. The summed E-state index contributed by atoms with van der Waals surface area (Å²) >= 11 is 0. The molecule has 122 valence electrons. The lowest BCUT2D eigenvalue weighted by molar-refractivity contribution is -0.122. The first-order chi connectivity index (χ1) is 11.6. The van der Waals surface area contributed by atoms with Crippen LogP contribution in [0.5, 0.6) is 0 Å². The van der Waals surface area contributed by atoms with Crippen molar-refractivity contribution < 1.29 is 14.0 Å². The van der Waals surface area contributed by atoms with E-state index in [0.717, 1.165) is 11.3 Å². The second kappa shape index (κ2) is 5.44. The van der Waals surface area contributed by atoms with Gasteiger partial charge in [0, 0.05) is 18.8 Å². The molecule has 2 aromatic rings. The van der Waals surface area contributed by atoms with E-state index in [0.29, 0.717) is 25.9 Å². The first kappa shape index (κ1) is 14.9. The molecule has 0 saturated carbocycles. The minimum Gasteiger partial charge on any atom is -0.338 e. The normalized spacial score (nSPS) is 18.4. The van der Waals surface area contributed by atoms with Crippen molar-refractivity contribution in [1.82, 2.24) is 4.90 Å². The molecule has 1 spiro atoms. The van der Waals surface area contributed by atoms with E-state index >= 15 is 0 Å². The van der Waals surface area contributed by atoms with Gasteiger partial charge in [-0.1, -0.05) is 30.3 Å². The zero-order chi connectivity index (χ0) is 16.7. The van der Waals surface area contributed by atoms with Gasteiger partial charge in [-0.2, -0.15) is 0 Å². The standard InChI is InChI=1S/C19H17FN2O2/c20-15-7-3-1-5-13(15)17(23)22-11-9-19(10-12-22)14-6-2-4-8-16(14)21-18(19)24/h1-8H,9-12H2,(H,21,24). The SMILES string of the molecule is O=C(c1ccccc1F)N1CCC2(CC1)C(=O)Nc1ccccc12. The summed E-state index contributed by atoms with van der Waals surface area (Å²) in [5, 5.41) is 2.94. The molecule has 2 heterocycles. The number of carbonyl (C=O) groups is 2. The number of likely N-dealkylation sites (tertiary alicyclic amines) is 1. The molecule has 4 nitrogen and oxygen atoms in total. The van der Waals surface area contributed by atoms with Crippen LogP contribution in [0.3, 0.4) is 0 Å². The molecule has 0 unspecified atom stereocenters. The molecule has 0 aromatic heterocycles. The van der Waals surface area contributed by atoms with Gasteiger partial charge in [-0.3, -0.25) is 9.59 Å². The number of para-hydroxylation sites is 1. The quantitative estimate of drug-likeness (QED) is 0.877. The van der Waals surface area contributed by atoms with Crippen molar-refractivity contribution in [2.45, 2.75) is 18.3 Å². The largest absolute Gasteiger partial charge is 0.338 e. The van der Waals surface area contributed by atoms with Crippen LogP contribution in [-0.4, -0.2) is 29.8 Å². The van der Waals surface area contributed by atoms with Crippen molar-refractivity contribution in [2.24, 2.45) is 0 Å². The third-order valence-corrected chi connectivity index (χ3v) is 5.13. The van der Waals surface area contributed by atoms with Crippen LogP contribution in [0.25, 0.3) is 0 Å². The fraction of sp³-hybridized carbons (Fsp3) is 0.263. The Hall–Kier alpha value is -2.69. The lowest BCUT2D eigenvalue weighted by Gasteiger charge is -2.38. The van der Waals surface area contributed by atoms with E-state index in [4.69, 9.17) is 0 Å². The minimum atomic E-state index is -0.567. The number of hydrogen-bond acceptors (Lipinski definition) is 2. The molecule has 2 aliphatic heterocycles. The van der Waals surface area contributed by atoms with Gasteiger partial charge in [0.05, 0.1) is 11.0 Å². The van der Waals surface area contributed by atoms with E-state index in [9.17, 15) is 14.0 Å². The Balaban J connectivity index is 1.57. The second-order valence-electron chi connectivity index (χ2n) is 6.35. The molecule has 1 saturated heterocycles. The molecule has 2 aromatic carbocycles. The summed E-state index contributed by atoms with van der Waals surface area (Å²) in [5.41, 5.74) is 1.39. The summed E-state index contributed by atoms with van der Waals surface area (Å²) in [6.45, 7) is 0.879. The van der Waals surface area contributed by atoms with Crippen LogP contribution in [0.15, 0.2) is 48.5 Å². The number of amides is 2. The number of nitrogens with one attached hydrogen (secondary N) is 1. The molecule has 0 atom stereocenters. The van der Waals surface area contributed by atoms with Crippen molar-refractivity contribution in [3.8, 4) is 0 Å². The number of nitrogens with zero attached hydrogens (tertiary/aromatic N) is 1. The second-order valence-corrected chi connectivity index (χ2v) is 6.35. The minimum absolute atomic E-state index is 0.00157. The lowest BCUT2D eigenvalue weighted by Crippen LogP contribution is -2.48. The van der Waals surface area contributed by atoms with Crippen LogP contribution in [0.1, 0.15) is 28.8 Å². The smallest absolute Gasteiger partial charge is 0.256 e. The van der Waals surface area contributed by atoms with Crippen LogP contribution in [0.2, 0.25) is 0 Å². The number of rotatable bonds is 1. The highest BCUT2D eigenvalue weighted by Gasteiger charge is 2.48. The number of benzene rings is 2. The molecule has 0 radical (unpaired) electrons. The van der Waals surface area contributed by atoms with Gasteiger partial charge in [0.2, 0.25) is 5.91 Å². The van der Waals surface area contributed by atoms with E-state index in [1.165, 1.54) is 12.1 Å². The maximum absolute atomic E-state index is 13.8. The van der Waals surface area contributed by atoms with Crippen molar-refractivity contribution >= 4 is 17.5 Å². The highest BCUT2D eigenvalue weighted by Crippen LogP contribution is 2.44. The Bertz CT molecular complexity index is 826. The Morgan fingerprint density at radius 3 is 2.46 bits per heavy atom. The monoisotopic (exact) mass is 324 g/mol. The highest BCUT2D eigenvalue weighted by atomic mass is 19.1. The third-order valence-electron chi connectivity index (χ3n) is 5.13. The number of anilines is 1. The van der Waals surface area contributed by atoms with Gasteiger partial charge in [-0.25, -0.2) is 4.39 Å². The molecule has 0 bridgehead atoms. The van der Waals surface area contributed by atoms with E-state index in [1.54, 1.807) is 17.0 Å². The van der Waals surface area contributed by atoms with Crippen molar-refractivity contribution in [3.05, 3.63) is 65.5 Å². The highest BCUT2D eigenvalue weighted by molar-refractivity contribution is 6.06. The van der Waals surface area contributed by atoms with Crippen LogP contribution >= 0.6 is 0 Å². The fourth-order valence-electron chi connectivity index (χ4n) is 3.77. The Morgan fingerprint density at radius 2 is 1.71 bits per heavy atom. The molecular weight excluding hydrogens is 307 g/mol. The Morgan fingerprint density at radius 1 is 1.04 bits per heavy atom. The van der Waals surface area contributed by atoms with E-state index in [2.05, 4.69) is 5.32 Å². The number of carbonyl (C=O) groups excluding carboxylic acids is 2. The van der Waals surface area contributed by atoms with Crippen molar-refractivity contribution in [1.29, 1.82) is 0 Å². The van der Waals surface area contributed by atoms with Gasteiger partial charge in [0.25, 0.3) is 5.91 Å².